The Bertz CT molecular complexity index is 326. The van der Waals surface area contributed by atoms with Gasteiger partial charge in [-0.05, 0) is 50.6 Å². The van der Waals surface area contributed by atoms with Gasteiger partial charge < -0.3 is 10.6 Å². The van der Waals surface area contributed by atoms with Crippen molar-refractivity contribution in [1.29, 1.82) is 0 Å². The summed E-state index contributed by atoms with van der Waals surface area (Å²) in [6.45, 7) is 10.5. The van der Waals surface area contributed by atoms with Gasteiger partial charge in [-0.25, -0.2) is 0 Å². The molecule has 0 spiro atoms. The molecule has 0 radical (unpaired) electrons. The molecule has 3 atom stereocenters. The molecule has 124 valence electrons. The van der Waals surface area contributed by atoms with Crippen LogP contribution >= 0.6 is 24.0 Å². The lowest BCUT2D eigenvalue weighted by molar-refractivity contribution is 0.213. The summed E-state index contributed by atoms with van der Waals surface area (Å²) in [5.41, 5.74) is 0. The fraction of sp³-hybridized carbons (Fsp3) is 0.938. The van der Waals surface area contributed by atoms with Crippen LogP contribution in [-0.2, 0) is 0 Å². The van der Waals surface area contributed by atoms with Crippen LogP contribution in [0.5, 0.6) is 0 Å². The molecule has 0 bridgehead atoms. The molecular weight excluding hydrogens is 375 g/mol. The molecule has 1 saturated carbocycles. The molecule has 5 heteroatoms. The summed E-state index contributed by atoms with van der Waals surface area (Å²) < 4.78 is 0. The summed E-state index contributed by atoms with van der Waals surface area (Å²) in [4.78, 5) is 7.01. The topological polar surface area (TPSA) is 39.7 Å². The van der Waals surface area contributed by atoms with Gasteiger partial charge in [0.25, 0.3) is 0 Å². The number of nitrogens with one attached hydrogen (secondary N) is 2. The quantitative estimate of drug-likeness (QED) is 0.403. The lowest BCUT2D eigenvalue weighted by Crippen LogP contribution is -2.47. The first-order valence-corrected chi connectivity index (χ1v) is 8.31. The number of likely N-dealkylation sites (tertiary alicyclic amines) is 1. The second kappa shape index (κ2) is 9.18. The third kappa shape index (κ3) is 6.30. The number of hydrogen-bond acceptors (Lipinski definition) is 2. The summed E-state index contributed by atoms with van der Waals surface area (Å²) in [6.07, 6.45) is 5.27. The van der Waals surface area contributed by atoms with E-state index in [1.807, 2.05) is 7.05 Å². The molecule has 2 fully saturated rings. The second-order valence-electron chi connectivity index (χ2n) is 6.94. The van der Waals surface area contributed by atoms with Crippen LogP contribution in [0.3, 0.4) is 0 Å². The van der Waals surface area contributed by atoms with Crippen LogP contribution in [0.15, 0.2) is 4.99 Å². The Morgan fingerprint density at radius 1 is 1.29 bits per heavy atom. The van der Waals surface area contributed by atoms with Gasteiger partial charge in [0, 0.05) is 25.7 Å². The molecule has 0 amide bonds. The van der Waals surface area contributed by atoms with Gasteiger partial charge in [-0.15, -0.1) is 24.0 Å². The van der Waals surface area contributed by atoms with Gasteiger partial charge in [0.05, 0.1) is 0 Å². The van der Waals surface area contributed by atoms with Gasteiger partial charge in [0.2, 0.25) is 0 Å². The first-order chi connectivity index (χ1) is 9.60. The number of hydrogen-bond donors (Lipinski definition) is 2. The van der Waals surface area contributed by atoms with Crippen molar-refractivity contribution in [3.05, 3.63) is 0 Å². The summed E-state index contributed by atoms with van der Waals surface area (Å²) in [5.74, 6) is 2.53. The molecule has 3 unspecified atom stereocenters. The lowest BCUT2D eigenvalue weighted by Gasteiger charge is -2.29. The zero-order valence-electron chi connectivity index (χ0n) is 14.1. The van der Waals surface area contributed by atoms with E-state index in [9.17, 15) is 0 Å². The average Bonchev–Trinajstić information content (AvgIpc) is 2.91. The van der Waals surface area contributed by atoms with Crippen molar-refractivity contribution in [2.45, 2.75) is 58.5 Å². The maximum atomic E-state index is 4.36. The van der Waals surface area contributed by atoms with E-state index in [4.69, 9.17) is 0 Å². The number of rotatable bonds is 6. The van der Waals surface area contributed by atoms with Crippen molar-refractivity contribution in [2.75, 3.05) is 26.7 Å². The molecule has 2 N–H and O–H groups in total. The minimum Gasteiger partial charge on any atom is -0.355 e. The SMILES string of the molecule is CN=C(NCC(CC(C)C)N1CCCC1)NC1CC1C.I. The Morgan fingerprint density at radius 3 is 2.38 bits per heavy atom. The highest BCUT2D eigenvalue weighted by molar-refractivity contribution is 14.0. The Morgan fingerprint density at radius 2 is 1.90 bits per heavy atom. The van der Waals surface area contributed by atoms with Crippen molar-refractivity contribution in [3.63, 3.8) is 0 Å². The van der Waals surface area contributed by atoms with Crippen molar-refractivity contribution >= 4 is 29.9 Å². The van der Waals surface area contributed by atoms with Gasteiger partial charge in [-0.3, -0.25) is 9.89 Å². The molecule has 0 aromatic carbocycles. The van der Waals surface area contributed by atoms with E-state index in [0.717, 1.165) is 24.3 Å². The van der Waals surface area contributed by atoms with E-state index >= 15 is 0 Å². The second-order valence-corrected chi connectivity index (χ2v) is 6.94. The number of guanidine groups is 1. The predicted molar refractivity (Wildman–Crippen MR) is 102 cm³/mol. The van der Waals surface area contributed by atoms with Crippen LogP contribution < -0.4 is 10.6 Å². The minimum atomic E-state index is 0. The van der Waals surface area contributed by atoms with Crippen LogP contribution in [0.1, 0.15) is 46.5 Å². The van der Waals surface area contributed by atoms with E-state index in [1.54, 1.807) is 0 Å². The molecule has 2 aliphatic rings. The number of nitrogens with zero attached hydrogens (tertiary/aromatic N) is 2. The largest absolute Gasteiger partial charge is 0.355 e. The molecule has 1 saturated heterocycles. The fourth-order valence-corrected chi connectivity index (χ4v) is 3.12. The Balaban J connectivity index is 0.00000220. The van der Waals surface area contributed by atoms with Crippen molar-refractivity contribution < 1.29 is 0 Å². The highest BCUT2D eigenvalue weighted by Crippen LogP contribution is 2.28. The van der Waals surface area contributed by atoms with Gasteiger partial charge in [-0.2, -0.15) is 0 Å². The molecule has 4 nitrogen and oxygen atoms in total. The van der Waals surface area contributed by atoms with Crippen molar-refractivity contribution in [2.24, 2.45) is 16.8 Å². The Kier molecular flexibility index (Phi) is 8.31. The standard InChI is InChI=1S/C16H32N4.HI/c1-12(2)9-14(20-7-5-6-8-20)11-18-16(17-4)19-15-10-13(15)3;/h12-15H,5-11H2,1-4H3,(H2,17,18,19);1H. The predicted octanol–water partition coefficient (Wildman–Crippen LogP) is 2.69. The zero-order chi connectivity index (χ0) is 14.5. The molecule has 1 aliphatic heterocycles. The smallest absolute Gasteiger partial charge is 0.191 e. The van der Waals surface area contributed by atoms with E-state index < -0.39 is 0 Å². The molecule has 1 heterocycles. The average molecular weight is 408 g/mol. The van der Waals surface area contributed by atoms with Gasteiger partial charge in [-0.1, -0.05) is 20.8 Å². The van der Waals surface area contributed by atoms with Gasteiger partial charge >= 0.3 is 0 Å². The maximum absolute atomic E-state index is 4.36. The maximum Gasteiger partial charge on any atom is 0.191 e. The third-order valence-electron chi connectivity index (χ3n) is 4.56. The molecule has 1 aliphatic carbocycles. The molecule has 21 heavy (non-hydrogen) atoms. The monoisotopic (exact) mass is 408 g/mol. The lowest BCUT2D eigenvalue weighted by atomic mass is 10.0. The normalized spacial score (nSPS) is 27.4. The molecule has 0 aromatic heterocycles. The Hall–Kier alpha value is -0.0400. The number of halogens is 1. The highest BCUT2D eigenvalue weighted by atomic mass is 127. The summed E-state index contributed by atoms with van der Waals surface area (Å²) >= 11 is 0. The van der Waals surface area contributed by atoms with Crippen molar-refractivity contribution in [1.82, 2.24) is 15.5 Å². The minimum absolute atomic E-state index is 0. The fourth-order valence-electron chi connectivity index (χ4n) is 3.12. The number of aliphatic imine (C=N–C) groups is 1. The summed E-state index contributed by atoms with van der Waals surface area (Å²) in [6, 6.07) is 1.28. The molecule has 2 rings (SSSR count). The molecule has 0 aromatic rings. The van der Waals surface area contributed by atoms with Crippen LogP contribution in [0, 0.1) is 11.8 Å². The summed E-state index contributed by atoms with van der Waals surface area (Å²) in [5, 5.41) is 7.05. The third-order valence-corrected chi connectivity index (χ3v) is 4.56. The van der Waals surface area contributed by atoms with E-state index in [1.165, 1.54) is 38.8 Å². The highest BCUT2D eigenvalue weighted by Gasteiger charge is 2.33. The van der Waals surface area contributed by atoms with Crippen LogP contribution in [0.4, 0.5) is 0 Å². The van der Waals surface area contributed by atoms with Crippen LogP contribution in [0.2, 0.25) is 0 Å². The first kappa shape index (κ1) is 19.0. The van der Waals surface area contributed by atoms with E-state index in [0.29, 0.717) is 12.1 Å². The first-order valence-electron chi connectivity index (χ1n) is 8.31. The van der Waals surface area contributed by atoms with Crippen LogP contribution in [0.25, 0.3) is 0 Å². The van der Waals surface area contributed by atoms with Crippen LogP contribution in [-0.4, -0.2) is 49.6 Å². The van der Waals surface area contributed by atoms with Crippen molar-refractivity contribution in [3.8, 4) is 0 Å². The zero-order valence-corrected chi connectivity index (χ0v) is 16.4. The van der Waals surface area contributed by atoms with Gasteiger partial charge in [0.15, 0.2) is 5.96 Å². The summed E-state index contributed by atoms with van der Waals surface area (Å²) in [7, 11) is 1.87. The van der Waals surface area contributed by atoms with E-state index in [-0.39, 0.29) is 24.0 Å². The van der Waals surface area contributed by atoms with E-state index in [2.05, 4.69) is 41.3 Å². The molecular formula is C16H33IN4. The Labute approximate surface area is 147 Å². The van der Waals surface area contributed by atoms with Gasteiger partial charge in [0.1, 0.15) is 0 Å².